The van der Waals surface area contributed by atoms with Crippen LogP contribution in [0.3, 0.4) is 0 Å². The molecule has 0 bridgehead atoms. The van der Waals surface area contributed by atoms with Crippen molar-refractivity contribution in [2.75, 3.05) is 32.2 Å². The van der Waals surface area contributed by atoms with Crippen LogP contribution in [0, 0.1) is 12.8 Å². The lowest BCUT2D eigenvalue weighted by atomic mass is 9.78. The van der Waals surface area contributed by atoms with Crippen LogP contribution in [0.5, 0.6) is 5.88 Å². The second kappa shape index (κ2) is 9.15. The van der Waals surface area contributed by atoms with Crippen molar-refractivity contribution >= 4 is 11.6 Å². The standard InChI is InChI=1S/C19H30N2O4/c1-5-25-19(10-6-7-14(2)13-19)18(22)21-16-8-9-17(20-15(16)3)24-12-11-23-4/h8-9,14H,5-7,10-13H2,1-4H3,(H,21,22)/t14-,19-/m1/s1. The number of carbonyl (C=O) groups is 1. The molecule has 1 saturated carbocycles. The normalized spacial score (nSPS) is 23.3. The third-order valence-corrected chi connectivity index (χ3v) is 4.64. The Morgan fingerprint density at radius 1 is 1.40 bits per heavy atom. The Labute approximate surface area is 150 Å². The van der Waals surface area contributed by atoms with E-state index >= 15 is 0 Å². The molecule has 0 spiro atoms. The van der Waals surface area contributed by atoms with Crippen LogP contribution >= 0.6 is 0 Å². The van der Waals surface area contributed by atoms with Gasteiger partial charge in [0.25, 0.3) is 5.91 Å². The number of aryl methyl sites for hydroxylation is 1. The first-order valence-corrected chi connectivity index (χ1v) is 9.05. The lowest BCUT2D eigenvalue weighted by Crippen LogP contribution is -2.48. The van der Waals surface area contributed by atoms with E-state index < -0.39 is 5.60 Å². The molecular weight excluding hydrogens is 320 g/mol. The molecule has 2 atom stereocenters. The van der Waals surface area contributed by atoms with Crippen LogP contribution in [0.1, 0.15) is 45.2 Å². The zero-order valence-electron chi connectivity index (χ0n) is 15.8. The van der Waals surface area contributed by atoms with Crippen molar-refractivity contribution in [3.63, 3.8) is 0 Å². The van der Waals surface area contributed by atoms with Crippen molar-refractivity contribution in [1.82, 2.24) is 4.98 Å². The molecule has 0 radical (unpaired) electrons. The maximum Gasteiger partial charge on any atom is 0.256 e. The SMILES string of the molecule is CCO[C@]1(C(=O)Nc2ccc(OCCOC)nc2C)CCC[C@@H](C)C1. The van der Waals surface area contributed by atoms with Gasteiger partial charge in [-0.3, -0.25) is 4.79 Å². The van der Waals surface area contributed by atoms with Crippen LogP contribution in [0.15, 0.2) is 12.1 Å². The van der Waals surface area contributed by atoms with Crippen LogP contribution in [0.2, 0.25) is 0 Å². The Hall–Kier alpha value is -1.66. The highest BCUT2D eigenvalue weighted by atomic mass is 16.5. The van der Waals surface area contributed by atoms with Crippen molar-refractivity contribution in [1.29, 1.82) is 0 Å². The number of aromatic nitrogens is 1. The zero-order valence-corrected chi connectivity index (χ0v) is 15.8. The summed E-state index contributed by atoms with van der Waals surface area (Å²) in [5, 5.41) is 3.01. The van der Waals surface area contributed by atoms with Gasteiger partial charge in [-0.15, -0.1) is 0 Å². The number of methoxy groups -OCH3 is 1. The number of carbonyl (C=O) groups excluding carboxylic acids is 1. The van der Waals surface area contributed by atoms with E-state index in [0.717, 1.165) is 31.4 Å². The zero-order chi connectivity index (χ0) is 18.3. The summed E-state index contributed by atoms with van der Waals surface area (Å²) in [5.41, 5.74) is 0.687. The van der Waals surface area contributed by atoms with Crippen molar-refractivity contribution in [3.8, 4) is 5.88 Å². The second-order valence-corrected chi connectivity index (χ2v) is 6.71. The number of hydrogen-bond acceptors (Lipinski definition) is 5. The molecule has 25 heavy (non-hydrogen) atoms. The summed E-state index contributed by atoms with van der Waals surface area (Å²) in [5.74, 6) is 0.944. The van der Waals surface area contributed by atoms with E-state index in [1.54, 1.807) is 13.2 Å². The van der Waals surface area contributed by atoms with E-state index in [2.05, 4.69) is 17.2 Å². The number of anilines is 1. The fourth-order valence-electron chi connectivity index (χ4n) is 3.40. The number of nitrogens with one attached hydrogen (secondary N) is 1. The van der Waals surface area contributed by atoms with Gasteiger partial charge in [-0.25, -0.2) is 4.98 Å². The number of pyridine rings is 1. The van der Waals surface area contributed by atoms with Crippen molar-refractivity contribution in [2.45, 2.75) is 52.1 Å². The largest absolute Gasteiger partial charge is 0.475 e. The van der Waals surface area contributed by atoms with Crippen LogP contribution in [0.25, 0.3) is 0 Å². The van der Waals surface area contributed by atoms with Gasteiger partial charge in [0.1, 0.15) is 12.2 Å². The summed E-state index contributed by atoms with van der Waals surface area (Å²) in [6.45, 7) is 7.46. The van der Waals surface area contributed by atoms with E-state index in [1.165, 1.54) is 0 Å². The summed E-state index contributed by atoms with van der Waals surface area (Å²) < 4.78 is 16.4. The Morgan fingerprint density at radius 2 is 2.20 bits per heavy atom. The molecule has 6 heteroatoms. The predicted octanol–water partition coefficient (Wildman–Crippen LogP) is 3.34. The summed E-state index contributed by atoms with van der Waals surface area (Å²) in [6, 6.07) is 3.59. The molecule has 0 aromatic carbocycles. The lowest BCUT2D eigenvalue weighted by Gasteiger charge is -2.38. The molecule has 1 fully saturated rings. The summed E-state index contributed by atoms with van der Waals surface area (Å²) >= 11 is 0. The average Bonchev–Trinajstić information content (AvgIpc) is 2.57. The van der Waals surface area contributed by atoms with Crippen LogP contribution in [0.4, 0.5) is 5.69 Å². The van der Waals surface area contributed by atoms with Gasteiger partial charge >= 0.3 is 0 Å². The third-order valence-electron chi connectivity index (χ3n) is 4.64. The van der Waals surface area contributed by atoms with Crippen LogP contribution in [-0.2, 0) is 14.3 Å². The highest BCUT2D eigenvalue weighted by Crippen LogP contribution is 2.36. The molecule has 0 saturated heterocycles. The summed E-state index contributed by atoms with van der Waals surface area (Å²) in [4.78, 5) is 17.4. The minimum absolute atomic E-state index is 0.0705. The molecule has 1 heterocycles. The van der Waals surface area contributed by atoms with Crippen molar-refractivity contribution in [2.24, 2.45) is 5.92 Å². The third kappa shape index (κ3) is 5.16. The van der Waals surface area contributed by atoms with E-state index in [0.29, 0.717) is 37.3 Å². The molecule has 0 aliphatic heterocycles. The molecule has 1 aromatic heterocycles. The molecule has 1 aliphatic carbocycles. The van der Waals surface area contributed by atoms with Crippen molar-refractivity contribution < 1.29 is 19.0 Å². The maximum atomic E-state index is 13.0. The fraction of sp³-hybridized carbons (Fsp3) is 0.684. The van der Waals surface area contributed by atoms with Gasteiger partial charge in [0.15, 0.2) is 0 Å². The first-order chi connectivity index (χ1) is 12.0. The Morgan fingerprint density at radius 3 is 2.84 bits per heavy atom. The number of nitrogens with zero attached hydrogens (tertiary/aromatic N) is 1. The van der Waals surface area contributed by atoms with Gasteiger partial charge in [0.2, 0.25) is 5.88 Å². The lowest BCUT2D eigenvalue weighted by molar-refractivity contribution is -0.147. The molecule has 6 nitrogen and oxygen atoms in total. The second-order valence-electron chi connectivity index (χ2n) is 6.71. The van der Waals surface area contributed by atoms with E-state index in [4.69, 9.17) is 14.2 Å². The van der Waals surface area contributed by atoms with E-state index in [-0.39, 0.29) is 5.91 Å². The number of hydrogen-bond donors (Lipinski definition) is 1. The number of ether oxygens (including phenoxy) is 3. The smallest absolute Gasteiger partial charge is 0.256 e. The van der Waals surface area contributed by atoms with Gasteiger partial charge < -0.3 is 19.5 Å². The molecule has 1 N–H and O–H groups in total. The average molecular weight is 350 g/mol. The van der Waals surface area contributed by atoms with Gasteiger partial charge in [-0.2, -0.15) is 0 Å². The Bertz CT molecular complexity index is 575. The first kappa shape index (κ1) is 19.7. The van der Waals surface area contributed by atoms with Gasteiger partial charge in [0.05, 0.1) is 18.0 Å². The highest BCUT2D eigenvalue weighted by molar-refractivity contribution is 5.97. The molecule has 2 rings (SSSR count). The highest BCUT2D eigenvalue weighted by Gasteiger charge is 2.42. The van der Waals surface area contributed by atoms with Crippen LogP contribution in [-0.4, -0.2) is 43.4 Å². The van der Waals surface area contributed by atoms with Gasteiger partial charge in [-0.1, -0.05) is 13.3 Å². The van der Waals surface area contributed by atoms with E-state index in [1.807, 2.05) is 19.9 Å². The van der Waals surface area contributed by atoms with Crippen molar-refractivity contribution in [3.05, 3.63) is 17.8 Å². The fourth-order valence-corrected chi connectivity index (χ4v) is 3.40. The predicted molar refractivity (Wildman–Crippen MR) is 97.0 cm³/mol. The molecule has 1 aromatic rings. The Balaban J connectivity index is 2.07. The summed E-state index contributed by atoms with van der Waals surface area (Å²) in [7, 11) is 1.63. The molecule has 140 valence electrons. The maximum absolute atomic E-state index is 13.0. The van der Waals surface area contributed by atoms with E-state index in [9.17, 15) is 4.79 Å². The minimum atomic E-state index is -0.730. The monoisotopic (exact) mass is 350 g/mol. The topological polar surface area (TPSA) is 69.7 Å². The minimum Gasteiger partial charge on any atom is -0.475 e. The summed E-state index contributed by atoms with van der Waals surface area (Å²) in [6.07, 6.45) is 3.69. The van der Waals surface area contributed by atoms with Gasteiger partial charge in [-0.05, 0) is 45.1 Å². The molecule has 1 aliphatic rings. The van der Waals surface area contributed by atoms with Gasteiger partial charge in [0, 0.05) is 19.8 Å². The molecular formula is C19H30N2O4. The number of amides is 1. The number of rotatable bonds is 8. The quantitative estimate of drug-likeness (QED) is 0.728. The Kier molecular flexibility index (Phi) is 7.20. The van der Waals surface area contributed by atoms with Crippen LogP contribution < -0.4 is 10.1 Å². The first-order valence-electron chi connectivity index (χ1n) is 9.05. The molecule has 0 unspecified atom stereocenters. The molecule has 1 amide bonds.